The van der Waals surface area contributed by atoms with Crippen LogP contribution in [0.15, 0.2) is 18.2 Å². The monoisotopic (exact) mass is 473 g/mol. The van der Waals surface area contributed by atoms with Gasteiger partial charge in [-0.1, -0.05) is 11.6 Å². The summed E-state index contributed by atoms with van der Waals surface area (Å²) in [5.41, 5.74) is -2.27. The predicted octanol–water partition coefficient (Wildman–Crippen LogP) is 4.47. The summed E-state index contributed by atoms with van der Waals surface area (Å²) < 4.78 is 54.7. The van der Waals surface area contributed by atoms with Gasteiger partial charge in [0.1, 0.15) is 17.1 Å². The van der Waals surface area contributed by atoms with Gasteiger partial charge in [0.05, 0.1) is 10.6 Å². The van der Waals surface area contributed by atoms with Gasteiger partial charge in [0.25, 0.3) is 17.6 Å². The second-order valence-corrected chi connectivity index (χ2v) is 8.19. The van der Waals surface area contributed by atoms with Gasteiger partial charge in [0, 0.05) is 18.4 Å². The first-order valence-corrected chi connectivity index (χ1v) is 10.0. The van der Waals surface area contributed by atoms with Crippen LogP contribution in [0.5, 0.6) is 0 Å². The number of halogens is 5. The second-order valence-electron chi connectivity index (χ2n) is 7.82. The summed E-state index contributed by atoms with van der Waals surface area (Å²) in [7, 11) is 1.42. The number of nitrogens with one attached hydrogen (secondary N) is 2. The average Bonchev–Trinajstić information content (AvgIpc) is 2.88. The molecule has 0 atom stereocenters. The number of aromatic nitrogens is 1. The van der Waals surface area contributed by atoms with E-state index in [4.69, 9.17) is 11.6 Å². The molecule has 0 aliphatic heterocycles. The van der Waals surface area contributed by atoms with Crippen LogP contribution in [0, 0.1) is 19.7 Å². The summed E-state index contributed by atoms with van der Waals surface area (Å²) in [6, 6.07) is 3.89. The zero-order valence-electron chi connectivity index (χ0n) is 17.4. The van der Waals surface area contributed by atoms with E-state index >= 15 is 0 Å². The molecule has 0 radical (unpaired) electrons. The Balaban J connectivity index is 1.88. The number of carbonyl (C=O) groups excluding carboxylic acids is 3. The molecule has 2 N–H and O–H groups in total. The van der Waals surface area contributed by atoms with E-state index in [2.05, 4.69) is 5.32 Å². The molecule has 0 unspecified atom stereocenters. The van der Waals surface area contributed by atoms with Gasteiger partial charge in [-0.15, -0.1) is 0 Å². The molecule has 0 spiro atoms. The van der Waals surface area contributed by atoms with Crippen molar-refractivity contribution in [3.8, 4) is 0 Å². The number of benzene rings is 1. The number of amides is 2. The van der Waals surface area contributed by atoms with Crippen LogP contribution in [0.3, 0.4) is 0 Å². The lowest BCUT2D eigenvalue weighted by atomic mass is 9.76. The Kier molecular flexibility index (Phi) is 6.12. The largest absolute Gasteiger partial charge is 0.411 e. The highest BCUT2D eigenvalue weighted by atomic mass is 35.5. The number of nitrogens with zero attached hydrogens (tertiary/aromatic N) is 1. The predicted molar refractivity (Wildman–Crippen MR) is 109 cm³/mol. The van der Waals surface area contributed by atoms with Crippen molar-refractivity contribution >= 4 is 34.9 Å². The first kappa shape index (κ1) is 23.8. The minimum atomic E-state index is -4.70. The summed E-state index contributed by atoms with van der Waals surface area (Å²) in [6.07, 6.45) is -5.06. The Hall–Kier alpha value is -2.88. The third-order valence-corrected chi connectivity index (χ3v) is 6.16. The first-order chi connectivity index (χ1) is 14.8. The SMILES string of the molecule is Cc1cc(NC(=O)c2c(Cl)c(C(=O)C(=O)NC3(C(F)(F)F)CCC3)c(C)n2C)ccc1F. The molecule has 0 bridgehead atoms. The molecule has 1 heterocycles. The molecule has 172 valence electrons. The van der Waals surface area contributed by atoms with Crippen molar-refractivity contribution < 1.29 is 31.9 Å². The fourth-order valence-corrected chi connectivity index (χ4v) is 4.02. The van der Waals surface area contributed by atoms with Gasteiger partial charge < -0.3 is 15.2 Å². The number of carbonyl (C=O) groups is 3. The van der Waals surface area contributed by atoms with E-state index in [1.807, 2.05) is 5.32 Å². The van der Waals surface area contributed by atoms with Crippen LogP contribution in [-0.2, 0) is 11.8 Å². The van der Waals surface area contributed by atoms with Crippen LogP contribution < -0.4 is 10.6 Å². The molecule has 1 saturated carbocycles. The molecule has 11 heteroatoms. The number of anilines is 1. The fraction of sp³-hybridized carbons (Fsp3) is 0.381. The van der Waals surface area contributed by atoms with E-state index in [1.165, 1.54) is 43.7 Å². The summed E-state index contributed by atoms with van der Waals surface area (Å²) in [5.74, 6) is -3.91. The molecule has 0 saturated heterocycles. The van der Waals surface area contributed by atoms with Crippen molar-refractivity contribution in [3.63, 3.8) is 0 Å². The zero-order chi connectivity index (χ0) is 24.0. The lowest BCUT2D eigenvalue weighted by Gasteiger charge is -2.43. The summed E-state index contributed by atoms with van der Waals surface area (Å²) in [5, 5.41) is 3.97. The number of ketones is 1. The van der Waals surface area contributed by atoms with E-state index in [-0.39, 0.29) is 46.9 Å². The highest BCUT2D eigenvalue weighted by Gasteiger charge is 2.59. The topological polar surface area (TPSA) is 80.2 Å². The molecule has 1 fully saturated rings. The maximum absolute atomic E-state index is 13.4. The lowest BCUT2D eigenvalue weighted by molar-refractivity contribution is -0.218. The van der Waals surface area contributed by atoms with E-state index in [0.29, 0.717) is 5.56 Å². The van der Waals surface area contributed by atoms with Crippen LogP contribution in [-0.4, -0.2) is 33.9 Å². The molecule has 6 nitrogen and oxygen atoms in total. The van der Waals surface area contributed by atoms with E-state index in [9.17, 15) is 31.9 Å². The Labute approximate surface area is 185 Å². The second kappa shape index (κ2) is 8.23. The van der Waals surface area contributed by atoms with Gasteiger partial charge in [-0.2, -0.15) is 13.2 Å². The number of aryl methyl sites for hydroxylation is 1. The normalized spacial score (nSPS) is 15.1. The highest BCUT2D eigenvalue weighted by Crippen LogP contribution is 2.45. The van der Waals surface area contributed by atoms with Gasteiger partial charge in [0.15, 0.2) is 0 Å². The minimum Gasteiger partial charge on any atom is -0.342 e. The quantitative estimate of drug-likeness (QED) is 0.382. The van der Waals surface area contributed by atoms with Crippen molar-refractivity contribution in [3.05, 3.63) is 51.6 Å². The zero-order valence-corrected chi connectivity index (χ0v) is 18.2. The van der Waals surface area contributed by atoms with Crippen LogP contribution in [0.25, 0.3) is 0 Å². The van der Waals surface area contributed by atoms with E-state index in [1.54, 1.807) is 0 Å². The van der Waals surface area contributed by atoms with Gasteiger partial charge in [-0.05, 0) is 56.9 Å². The lowest BCUT2D eigenvalue weighted by Crippen LogP contribution is -2.64. The summed E-state index contributed by atoms with van der Waals surface area (Å²) >= 11 is 6.24. The Morgan fingerprint density at radius 2 is 1.78 bits per heavy atom. The highest BCUT2D eigenvalue weighted by molar-refractivity contribution is 6.48. The molecule has 32 heavy (non-hydrogen) atoms. The van der Waals surface area contributed by atoms with Crippen molar-refractivity contribution in [2.75, 3.05) is 5.32 Å². The van der Waals surface area contributed by atoms with Gasteiger partial charge in [0.2, 0.25) is 0 Å². The molecular weight excluding hydrogens is 454 g/mol. The Morgan fingerprint density at radius 3 is 2.28 bits per heavy atom. The summed E-state index contributed by atoms with van der Waals surface area (Å²) in [6.45, 7) is 2.92. The van der Waals surface area contributed by atoms with Crippen molar-refractivity contribution in [1.82, 2.24) is 9.88 Å². The standard InChI is InChI=1S/C21H20ClF4N3O3/c1-10-9-12(5-6-13(10)23)27-18(31)16-15(22)14(11(2)29(16)3)17(30)19(32)28-20(7-4-8-20)21(24,25)26/h5-6,9H,4,7-8H2,1-3H3,(H,27,31)(H,28,32). The van der Waals surface area contributed by atoms with Crippen molar-refractivity contribution in [2.24, 2.45) is 7.05 Å². The first-order valence-electron chi connectivity index (χ1n) is 9.65. The Bertz CT molecular complexity index is 1120. The number of hydrogen-bond acceptors (Lipinski definition) is 3. The molecule has 1 aliphatic carbocycles. The molecular formula is C21H20ClF4N3O3. The van der Waals surface area contributed by atoms with Crippen LogP contribution in [0.2, 0.25) is 5.02 Å². The maximum Gasteiger partial charge on any atom is 0.411 e. The molecule has 1 aromatic carbocycles. The molecule has 2 aromatic rings. The van der Waals surface area contributed by atoms with Crippen molar-refractivity contribution in [2.45, 2.75) is 44.8 Å². The Morgan fingerprint density at radius 1 is 1.16 bits per heavy atom. The minimum absolute atomic E-state index is 0.130. The number of Topliss-reactive ketones (excluding diaryl/α,β-unsaturated/α-hetero) is 1. The van der Waals surface area contributed by atoms with Crippen LogP contribution in [0.1, 0.15) is 51.4 Å². The third-order valence-electron chi connectivity index (χ3n) is 5.79. The average molecular weight is 474 g/mol. The fourth-order valence-electron chi connectivity index (χ4n) is 3.59. The maximum atomic E-state index is 13.4. The number of alkyl halides is 3. The molecule has 1 aromatic heterocycles. The van der Waals surface area contributed by atoms with Crippen molar-refractivity contribution in [1.29, 1.82) is 0 Å². The smallest absolute Gasteiger partial charge is 0.342 e. The molecule has 1 aliphatic rings. The van der Waals surface area contributed by atoms with E-state index < -0.39 is 35.1 Å². The van der Waals surface area contributed by atoms with Crippen LogP contribution >= 0.6 is 11.6 Å². The third kappa shape index (κ3) is 3.99. The van der Waals surface area contributed by atoms with Gasteiger partial charge >= 0.3 is 6.18 Å². The van der Waals surface area contributed by atoms with Gasteiger partial charge in [-0.3, -0.25) is 14.4 Å². The number of rotatable bonds is 5. The summed E-state index contributed by atoms with van der Waals surface area (Å²) in [4.78, 5) is 37.9. The van der Waals surface area contributed by atoms with Gasteiger partial charge in [-0.25, -0.2) is 4.39 Å². The van der Waals surface area contributed by atoms with Crippen LogP contribution in [0.4, 0.5) is 23.2 Å². The molecule has 3 rings (SSSR count). The number of hydrogen-bond donors (Lipinski definition) is 2. The molecule has 2 amide bonds. The van der Waals surface area contributed by atoms with E-state index in [0.717, 1.165) is 0 Å².